The SMILES string of the molecule is C=C1COC(=O)C2C(C)CCC12. The fourth-order valence-electron chi connectivity index (χ4n) is 2.42. The van der Waals surface area contributed by atoms with E-state index in [4.69, 9.17) is 4.74 Å². The van der Waals surface area contributed by atoms with Crippen molar-refractivity contribution in [2.45, 2.75) is 19.8 Å². The zero-order valence-electron chi connectivity index (χ0n) is 7.38. The third kappa shape index (κ3) is 0.977. The maximum atomic E-state index is 11.4. The number of esters is 1. The van der Waals surface area contributed by atoms with Crippen LogP contribution in [0.5, 0.6) is 0 Å². The van der Waals surface area contributed by atoms with E-state index in [1.54, 1.807) is 0 Å². The van der Waals surface area contributed by atoms with Crippen molar-refractivity contribution in [2.75, 3.05) is 6.61 Å². The molecule has 1 saturated carbocycles. The first-order chi connectivity index (χ1) is 5.70. The Kier molecular flexibility index (Phi) is 1.71. The second kappa shape index (κ2) is 2.61. The summed E-state index contributed by atoms with van der Waals surface area (Å²) in [4.78, 5) is 11.4. The number of cyclic esters (lactones) is 1. The minimum atomic E-state index is -0.00241. The van der Waals surface area contributed by atoms with Crippen molar-refractivity contribution in [3.05, 3.63) is 12.2 Å². The molecule has 0 spiro atoms. The van der Waals surface area contributed by atoms with Gasteiger partial charge in [-0.25, -0.2) is 0 Å². The molecule has 2 fully saturated rings. The normalized spacial score (nSPS) is 40.9. The van der Waals surface area contributed by atoms with Crippen molar-refractivity contribution < 1.29 is 9.53 Å². The van der Waals surface area contributed by atoms with Gasteiger partial charge in [-0.15, -0.1) is 0 Å². The lowest BCUT2D eigenvalue weighted by Gasteiger charge is -2.28. The zero-order chi connectivity index (χ0) is 8.72. The fourth-order valence-corrected chi connectivity index (χ4v) is 2.42. The number of carbonyl (C=O) groups is 1. The van der Waals surface area contributed by atoms with Gasteiger partial charge in [-0.05, 0) is 30.3 Å². The molecule has 0 N–H and O–H groups in total. The van der Waals surface area contributed by atoms with Gasteiger partial charge in [0, 0.05) is 0 Å². The Labute approximate surface area is 72.6 Å². The van der Waals surface area contributed by atoms with E-state index < -0.39 is 0 Å². The van der Waals surface area contributed by atoms with Crippen LogP contribution in [0.3, 0.4) is 0 Å². The highest BCUT2D eigenvalue weighted by Gasteiger charge is 2.43. The number of hydrogen-bond donors (Lipinski definition) is 0. The lowest BCUT2D eigenvalue weighted by Crippen LogP contribution is -2.33. The molecular formula is C10H14O2. The van der Waals surface area contributed by atoms with Gasteiger partial charge in [0.1, 0.15) is 6.61 Å². The Morgan fingerprint density at radius 2 is 2.25 bits per heavy atom. The van der Waals surface area contributed by atoms with E-state index in [2.05, 4.69) is 13.5 Å². The van der Waals surface area contributed by atoms with Gasteiger partial charge >= 0.3 is 5.97 Å². The molecule has 1 aliphatic carbocycles. The van der Waals surface area contributed by atoms with E-state index in [9.17, 15) is 4.79 Å². The zero-order valence-corrected chi connectivity index (χ0v) is 7.38. The van der Waals surface area contributed by atoms with Crippen molar-refractivity contribution in [3.8, 4) is 0 Å². The van der Waals surface area contributed by atoms with Crippen molar-refractivity contribution in [1.82, 2.24) is 0 Å². The van der Waals surface area contributed by atoms with Gasteiger partial charge < -0.3 is 4.74 Å². The van der Waals surface area contributed by atoms with Crippen LogP contribution in [-0.4, -0.2) is 12.6 Å². The largest absolute Gasteiger partial charge is 0.461 e. The minimum Gasteiger partial charge on any atom is -0.461 e. The summed E-state index contributed by atoms with van der Waals surface area (Å²) < 4.78 is 5.04. The number of rotatable bonds is 0. The summed E-state index contributed by atoms with van der Waals surface area (Å²) >= 11 is 0. The third-order valence-electron chi connectivity index (χ3n) is 3.18. The van der Waals surface area contributed by atoms with Gasteiger partial charge in [0.25, 0.3) is 0 Å². The van der Waals surface area contributed by atoms with Crippen molar-refractivity contribution >= 4 is 5.97 Å². The van der Waals surface area contributed by atoms with Gasteiger partial charge in [-0.2, -0.15) is 0 Å². The van der Waals surface area contributed by atoms with Crippen LogP contribution in [0.4, 0.5) is 0 Å². The van der Waals surface area contributed by atoms with Crippen LogP contribution in [-0.2, 0) is 9.53 Å². The lowest BCUT2D eigenvalue weighted by molar-refractivity contribution is -0.153. The first-order valence-corrected chi connectivity index (χ1v) is 4.54. The van der Waals surface area contributed by atoms with Gasteiger partial charge in [-0.3, -0.25) is 4.79 Å². The molecule has 0 bridgehead atoms. The topological polar surface area (TPSA) is 26.3 Å². The highest BCUT2D eigenvalue weighted by molar-refractivity contribution is 5.75. The van der Waals surface area contributed by atoms with Crippen molar-refractivity contribution in [2.24, 2.45) is 17.8 Å². The average Bonchev–Trinajstić information content (AvgIpc) is 2.42. The summed E-state index contributed by atoms with van der Waals surface area (Å²) in [6, 6.07) is 0. The number of hydrogen-bond acceptors (Lipinski definition) is 2. The summed E-state index contributed by atoms with van der Waals surface area (Å²) in [6.07, 6.45) is 2.27. The fraction of sp³-hybridized carbons (Fsp3) is 0.700. The maximum Gasteiger partial charge on any atom is 0.310 e. The molecule has 2 heteroatoms. The molecule has 1 saturated heterocycles. The Hall–Kier alpha value is -0.790. The van der Waals surface area contributed by atoms with Gasteiger partial charge in [-0.1, -0.05) is 13.5 Å². The second-order valence-corrected chi connectivity index (χ2v) is 3.95. The van der Waals surface area contributed by atoms with Crippen LogP contribution in [0.25, 0.3) is 0 Å². The molecule has 0 radical (unpaired) electrons. The summed E-state index contributed by atoms with van der Waals surface area (Å²) in [5, 5.41) is 0. The van der Waals surface area contributed by atoms with Crippen LogP contribution in [0.1, 0.15) is 19.8 Å². The highest BCUT2D eigenvalue weighted by Crippen LogP contribution is 2.43. The first kappa shape index (κ1) is 7.84. The first-order valence-electron chi connectivity index (χ1n) is 4.54. The Morgan fingerprint density at radius 3 is 2.92 bits per heavy atom. The Bertz CT molecular complexity index is 232. The molecular weight excluding hydrogens is 152 g/mol. The van der Waals surface area contributed by atoms with E-state index in [1.165, 1.54) is 0 Å². The molecule has 1 aliphatic heterocycles. The van der Waals surface area contributed by atoms with Crippen molar-refractivity contribution in [1.29, 1.82) is 0 Å². The van der Waals surface area contributed by atoms with Gasteiger partial charge in [0.05, 0.1) is 5.92 Å². The lowest BCUT2D eigenvalue weighted by atomic mass is 9.84. The van der Waals surface area contributed by atoms with Crippen LogP contribution < -0.4 is 0 Å². The Morgan fingerprint density at radius 1 is 1.50 bits per heavy atom. The predicted molar refractivity (Wildman–Crippen MR) is 45.5 cm³/mol. The second-order valence-electron chi connectivity index (χ2n) is 3.95. The monoisotopic (exact) mass is 166 g/mol. The van der Waals surface area contributed by atoms with E-state index in [1.807, 2.05) is 0 Å². The molecule has 0 aromatic carbocycles. The van der Waals surface area contributed by atoms with Crippen LogP contribution in [0, 0.1) is 17.8 Å². The molecule has 66 valence electrons. The Balaban J connectivity index is 2.24. The number of fused-ring (bicyclic) bond motifs is 1. The van der Waals surface area contributed by atoms with Crippen LogP contribution >= 0.6 is 0 Å². The minimum absolute atomic E-state index is 0.00241. The molecule has 0 amide bonds. The van der Waals surface area contributed by atoms with Crippen LogP contribution in [0.15, 0.2) is 12.2 Å². The number of carbonyl (C=O) groups excluding carboxylic acids is 1. The summed E-state index contributed by atoms with van der Waals surface area (Å²) in [5.41, 5.74) is 1.11. The van der Waals surface area contributed by atoms with E-state index >= 15 is 0 Å². The molecule has 3 unspecified atom stereocenters. The smallest absolute Gasteiger partial charge is 0.310 e. The van der Waals surface area contributed by atoms with Gasteiger partial charge in [0.2, 0.25) is 0 Å². The third-order valence-corrected chi connectivity index (χ3v) is 3.18. The molecule has 0 aromatic heterocycles. The molecule has 2 nitrogen and oxygen atoms in total. The number of ether oxygens (including phenoxy) is 1. The molecule has 1 heterocycles. The quantitative estimate of drug-likeness (QED) is 0.405. The van der Waals surface area contributed by atoms with Crippen LogP contribution in [0.2, 0.25) is 0 Å². The van der Waals surface area contributed by atoms with Gasteiger partial charge in [0.15, 0.2) is 0 Å². The maximum absolute atomic E-state index is 11.4. The molecule has 2 aliphatic rings. The molecule has 0 aromatic rings. The molecule has 2 rings (SSSR count). The highest BCUT2D eigenvalue weighted by atomic mass is 16.5. The summed E-state index contributed by atoms with van der Waals surface area (Å²) in [5.74, 6) is 1.02. The van der Waals surface area contributed by atoms with E-state index in [0.717, 1.165) is 18.4 Å². The molecule has 3 atom stereocenters. The average molecular weight is 166 g/mol. The summed E-state index contributed by atoms with van der Waals surface area (Å²) in [7, 11) is 0. The van der Waals surface area contributed by atoms with E-state index in [0.29, 0.717) is 18.4 Å². The van der Waals surface area contributed by atoms with E-state index in [-0.39, 0.29) is 11.9 Å². The molecule has 12 heavy (non-hydrogen) atoms. The predicted octanol–water partition coefficient (Wildman–Crippen LogP) is 1.76. The standard InChI is InChI=1S/C10H14O2/c1-6-3-4-8-7(2)5-12-10(11)9(6)8/h6,8-9H,2-5H2,1H3. The summed E-state index contributed by atoms with van der Waals surface area (Å²) in [6.45, 7) is 6.53. The van der Waals surface area contributed by atoms with Crippen molar-refractivity contribution in [3.63, 3.8) is 0 Å².